The Bertz CT molecular complexity index is 1240. The summed E-state index contributed by atoms with van der Waals surface area (Å²) in [5.41, 5.74) is 3.11. The number of benzene rings is 1. The quantitative estimate of drug-likeness (QED) is 0.542. The molecule has 0 saturated carbocycles. The van der Waals surface area contributed by atoms with E-state index < -0.39 is 5.54 Å². The molecule has 1 atom stereocenters. The van der Waals surface area contributed by atoms with Crippen molar-refractivity contribution >= 4 is 28.9 Å². The fourth-order valence-corrected chi connectivity index (χ4v) is 4.07. The van der Waals surface area contributed by atoms with E-state index in [-0.39, 0.29) is 5.83 Å². The van der Waals surface area contributed by atoms with Crippen molar-refractivity contribution in [3.05, 3.63) is 84.4 Å². The van der Waals surface area contributed by atoms with Gasteiger partial charge in [-0.3, -0.25) is 4.90 Å². The van der Waals surface area contributed by atoms with Crippen LogP contribution in [0.4, 0.5) is 21.6 Å². The van der Waals surface area contributed by atoms with E-state index in [4.69, 9.17) is 4.99 Å². The third-order valence-electron chi connectivity index (χ3n) is 6.03. The van der Waals surface area contributed by atoms with Crippen molar-refractivity contribution in [2.45, 2.75) is 45.6 Å². The van der Waals surface area contributed by atoms with Gasteiger partial charge in [0.1, 0.15) is 23.7 Å². The number of anilines is 2. The molecule has 1 aliphatic carbocycles. The third-order valence-corrected chi connectivity index (χ3v) is 6.03. The number of allylic oxidation sites excluding steroid dienone is 2. The highest BCUT2D eigenvalue weighted by atomic mass is 19.1. The summed E-state index contributed by atoms with van der Waals surface area (Å²) in [5.74, 6) is 3.65. The Hall–Kier alpha value is -3.83. The number of hydrogen-bond donors (Lipinski definition) is 1. The van der Waals surface area contributed by atoms with Gasteiger partial charge in [-0.25, -0.2) is 24.3 Å². The number of fused-ring (bicyclic) bond motifs is 1. The van der Waals surface area contributed by atoms with Crippen LogP contribution in [-0.2, 0) is 0 Å². The molecule has 4 rings (SSSR count). The zero-order valence-electron chi connectivity index (χ0n) is 19.2. The highest BCUT2D eigenvalue weighted by molar-refractivity contribution is 6.11. The lowest BCUT2D eigenvalue weighted by Gasteiger charge is -2.43. The SMILES string of the molecule is C=C=Nc1c(C)ncnc1N[C@@](C)(CC)C1=NC2=CCCC(F)=C2C(=C)N1c1ccccc1. The van der Waals surface area contributed by atoms with Gasteiger partial charge in [-0.05, 0) is 51.3 Å². The molecule has 7 heteroatoms. The van der Waals surface area contributed by atoms with Crippen LogP contribution in [-0.4, -0.2) is 27.2 Å². The number of hydrogen-bond acceptors (Lipinski definition) is 6. The number of aryl methyl sites for hydroxylation is 1. The molecule has 1 aromatic heterocycles. The summed E-state index contributed by atoms with van der Waals surface area (Å²) in [6, 6.07) is 9.76. The monoisotopic (exact) mass is 442 g/mol. The molecule has 0 unspecified atom stereocenters. The maximum Gasteiger partial charge on any atom is 0.157 e. The van der Waals surface area contributed by atoms with Crippen LogP contribution in [0, 0.1) is 6.92 Å². The van der Waals surface area contributed by atoms with Gasteiger partial charge in [0.2, 0.25) is 0 Å². The first kappa shape index (κ1) is 22.4. The molecule has 0 fully saturated rings. The summed E-state index contributed by atoms with van der Waals surface area (Å²) >= 11 is 0. The van der Waals surface area contributed by atoms with Crippen molar-refractivity contribution < 1.29 is 4.39 Å². The maximum atomic E-state index is 14.9. The minimum Gasteiger partial charge on any atom is -0.356 e. The molecule has 1 N–H and O–H groups in total. The molecule has 0 bridgehead atoms. The minimum atomic E-state index is -0.689. The Balaban J connectivity index is 1.89. The van der Waals surface area contributed by atoms with Gasteiger partial charge in [-0.15, -0.1) is 0 Å². The van der Waals surface area contributed by atoms with E-state index >= 15 is 0 Å². The van der Waals surface area contributed by atoms with Crippen LogP contribution in [0.2, 0.25) is 0 Å². The second kappa shape index (κ2) is 8.96. The van der Waals surface area contributed by atoms with Crippen LogP contribution >= 0.6 is 0 Å². The number of para-hydroxylation sites is 1. The molecule has 33 heavy (non-hydrogen) atoms. The topological polar surface area (TPSA) is 65.8 Å². The number of nitrogens with zero attached hydrogens (tertiary/aromatic N) is 5. The molecule has 2 heterocycles. The lowest BCUT2D eigenvalue weighted by Crippen LogP contribution is -2.53. The Kier molecular flexibility index (Phi) is 6.07. The molecule has 0 radical (unpaired) electrons. The Morgan fingerprint density at radius 3 is 2.73 bits per heavy atom. The van der Waals surface area contributed by atoms with Crippen LogP contribution in [0.5, 0.6) is 0 Å². The fourth-order valence-electron chi connectivity index (χ4n) is 4.07. The molecule has 2 aliphatic rings. The van der Waals surface area contributed by atoms with Crippen molar-refractivity contribution in [2.24, 2.45) is 9.98 Å². The molecule has 2 aromatic rings. The highest BCUT2D eigenvalue weighted by Crippen LogP contribution is 2.42. The first-order valence-corrected chi connectivity index (χ1v) is 10.9. The Morgan fingerprint density at radius 2 is 2.03 bits per heavy atom. The average molecular weight is 443 g/mol. The standard InChI is InChI=1S/C26H27FN6/c1-6-26(5,32-24-23(28-7-2)17(3)29-16-30-24)25-31-21-15-11-14-20(27)22(21)18(4)33(25)19-12-9-8-10-13-19/h8-10,12-13,15-16H,2,4,6,11,14H2,1,3,5H3,(H,29,30,32)/t26-/m0/s1. The van der Waals surface area contributed by atoms with Crippen molar-refractivity contribution in [3.8, 4) is 0 Å². The summed E-state index contributed by atoms with van der Waals surface area (Å²) < 4.78 is 14.9. The van der Waals surface area contributed by atoms with Crippen LogP contribution in [0.15, 0.2) is 88.7 Å². The van der Waals surface area contributed by atoms with Gasteiger partial charge in [0.05, 0.1) is 28.2 Å². The number of aromatic nitrogens is 2. The second-order valence-electron chi connectivity index (χ2n) is 8.20. The molecule has 6 nitrogen and oxygen atoms in total. The number of aliphatic imine (C=N–C) groups is 2. The zero-order valence-corrected chi connectivity index (χ0v) is 19.2. The van der Waals surface area contributed by atoms with E-state index in [0.717, 1.165) is 5.69 Å². The molecule has 168 valence electrons. The largest absolute Gasteiger partial charge is 0.356 e. The van der Waals surface area contributed by atoms with Gasteiger partial charge >= 0.3 is 0 Å². The van der Waals surface area contributed by atoms with E-state index in [9.17, 15) is 4.39 Å². The van der Waals surface area contributed by atoms with Gasteiger partial charge < -0.3 is 5.32 Å². The van der Waals surface area contributed by atoms with E-state index in [1.54, 1.807) is 0 Å². The first-order chi connectivity index (χ1) is 15.9. The summed E-state index contributed by atoms with van der Waals surface area (Å²) in [6.45, 7) is 13.8. The lowest BCUT2D eigenvalue weighted by molar-refractivity contribution is 0.571. The van der Waals surface area contributed by atoms with Gasteiger partial charge in [0.15, 0.2) is 5.82 Å². The molecule has 0 amide bonds. The molecule has 0 saturated heterocycles. The van der Waals surface area contributed by atoms with Gasteiger partial charge in [-0.2, -0.15) is 0 Å². The average Bonchev–Trinajstić information content (AvgIpc) is 2.81. The molecular weight excluding hydrogens is 415 g/mol. The number of nitrogens with one attached hydrogen (secondary N) is 1. The predicted molar refractivity (Wildman–Crippen MR) is 133 cm³/mol. The zero-order chi connectivity index (χ0) is 23.6. The number of rotatable bonds is 6. The van der Waals surface area contributed by atoms with Gasteiger partial charge in [0.25, 0.3) is 0 Å². The van der Waals surface area contributed by atoms with Crippen molar-refractivity contribution in [3.63, 3.8) is 0 Å². The Labute approximate surface area is 193 Å². The van der Waals surface area contributed by atoms with E-state index in [1.807, 2.05) is 55.2 Å². The number of amidine groups is 1. The molecular formula is C26H27FN6. The maximum absolute atomic E-state index is 14.9. The summed E-state index contributed by atoms with van der Waals surface area (Å²) in [4.78, 5) is 19.8. The molecule has 0 spiro atoms. The molecule has 1 aromatic carbocycles. The van der Waals surface area contributed by atoms with Crippen molar-refractivity contribution in [2.75, 3.05) is 10.2 Å². The lowest BCUT2D eigenvalue weighted by atomic mass is 9.90. The smallest absolute Gasteiger partial charge is 0.157 e. The van der Waals surface area contributed by atoms with Crippen LogP contribution < -0.4 is 10.2 Å². The van der Waals surface area contributed by atoms with Crippen LogP contribution in [0.25, 0.3) is 0 Å². The number of halogens is 1. The summed E-state index contributed by atoms with van der Waals surface area (Å²) in [5, 5.41) is 3.53. The summed E-state index contributed by atoms with van der Waals surface area (Å²) in [6.07, 6.45) is 5.10. The van der Waals surface area contributed by atoms with Gasteiger partial charge in [-0.1, -0.05) is 37.8 Å². The molecule has 1 aliphatic heterocycles. The fraction of sp³-hybridized carbons (Fsp3) is 0.269. The third kappa shape index (κ3) is 4.03. The van der Waals surface area contributed by atoms with E-state index in [0.29, 0.717) is 59.3 Å². The van der Waals surface area contributed by atoms with Crippen LogP contribution in [0.3, 0.4) is 0 Å². The summed E-state index contributed by atoms with van der Waals surface area (Å²) in [7, 11) is 0. The second-order valence-corrected chi connectivity index (χ2v) is 8.20. The van der Waals surface area contributed by atoms with Crippen molar-refractivity contribution in [1.82, 2.24) is 9.97 Å². The Morgan fingerprint density at radius 1 is 1.27 bits per heavy atom. The highest BCUT2D eigenvalue weighted by Gasteiger charge is 2.41. The predicted octanol–water partition coefficient (Wildman–Crippen LogP) is 6.19. The normalized spacial score (nSPS) is 17.5. The first-order valence-electron chi connectivity index (χ1n) is 10.9. The van der Waals surface area contributed by atoms with E-state index in [2.05, 4.69) is 46.2 Å². The minimum absolute atomic E-state index is 0.179. The van der Waals surface area contributed by atoms with Crippen LogP contribution in [0.1, 0.15) is 38.8 Å². The van der Waals surface area contributed by atoms with E-state index in [1.165, 1.54) is 6.33 Å². The van der Waals surface area contributed by atoms with Crippen molar-refractivity contribution in [1.29, 1.82) is 0 Å². The van der Waals surface area contributed by atoms with Gasteiger partial charge in [0, 0.05) is 12.1 Å².